The minimum Gasteiger partial charge on any atom is -0.143 e. The topological polar surface area (TPSA) is 0 Å². The van der Waals surface area contributed by atoms with Crippen molar-refractivity contribution in [1.82, 2.24) is 0 Å². The van der Waals surface area contributed by atoms with Gasteiger partial charge in [-0.1, -0.05) is 131 Å². The van der Waals surface area contributed by atoms with Gasteiger partial charge in [-0.05, 0) is 84.1 Å². The molecule has 0 bridgehead atoms. The fourth-order valence-electron chi connectivity index (χ4n) is 4.91. The van der Waals surface area contributed by atoms with Gasteiger partial charge in [0.05, 0.1) is 0 Å². The molecule has 0 atom stereocenters. The highest BCUT2D eigenvalue weighted by molar-refractivity contribution is 8.76. The summed E-state index contributed by atoms with van der Waals surface area (Å²) in [5.41, 5.74) is 0. The first-order chi connectivity index (χ1) is 21.5. The average Bonchev–Trinajstić information content (AvgIpc) is 3.05. The lowest BCUT2D eigenvalue weighted by molar-refractivity contribution is 1.50. The predicted octanol–water partition coefficient (Wildman–Crippen LogP) is 9.16. The van der Waals surface area contributed by atoms with Crippen LogP contribution in [-0.2, 0) is 0 Å². The van der Waals surface area contributed by atoms with Gasteiger partial charge in [-0.15, -0.1) is 50.5 Å². The van der Waals surface area contributed by atoms with Crippen molar-refractivity contribution in [2.45, 2.75) is 29.4 Å². The van der Waals surface area contributed by atoms with Gasteiger partial charge < -0.3 is 0 Å². The fraction of sp³-hybridized carbons (Fsp3) is 0. The van der Waals surface area contributed by atoms with Gasteiger partial charge in [0.1, 0.15) is 0 Å². The molecule has 0 aromatic heterocycles. The lowest BCUT2D eigenvalue weighted by Gasteiger charge is -2.25. The van der Waals surface area contributed by atoms with E-state index in [2.05, 4.69) is 121 Å². The summed E-state index contributed by atoms with van der Waals surface area (Å²) >= 11 is 19.6. The summed E-state index contributed by atoms with van der Waals surface area (Å²) in [5, 5.41) is 7.50. The molecule has 0 heterocycles. The highest BCUT2D eigenvalue weighted by Gasteiger charge is 2.26. The van der Waals surface area contributed by atoms with Gasteiger partial charge in [0.25, 0.3) is 0 Å². The maximum Gasteiger partial charge on any atom is 0.0269 e. The molecule has 0 nitrogen and oxygen atoms in total. The molecule has 0 N–H and O–H groups in total. The quantitative estimate of drug-likeness (QED) is 0.0671. The van der Waals surface area contributed by atoms with Crippen LogP contribution < -0.4 is 31.8 Å². The second-order valence-corrected chi connectivity index (χ2v) is 18.1. The molecule has 44 heavy (non-hydrogen) atoms. The Labute approximate surface area is 292 Å². The van der Waals surface area contributed by atoms with E-state index in [0.29, 0.717) is 0 Å². The molecule has 0 spiro atoms. The van der Waals surface area contributed by atoms with Crippen molar-refractivity contribution in [2.75, 3.05) is 0 Å². The monoisotopic (exact) mass is 714 g/mol. The first kappa shape index (κ1) is 32.2. The van der Waals surface area contributed by atoms with E-state index in [1.54, 1.807) is 0 Å². The molecule has 6 aromatic carbocycles. The van der Waals surface area contributed by atoms with Crippen LogP contribution in [0.25, 0.3) is 0 Å². The zero-order valence-electron chi connectivity index (χ0n) is 23.4. The second-order valence-electron chi connectivity index (χ2n) is 9.73. The summed E-state index contributed by atoms with van der Waals surface area (Å²) in [5.74, 6) is 0. The van der Waals surface area contributed by atoms with Gasteiger partial charge in [-0.2, -0.15) is 0 Å². The minimum absolute atomic E-state index is 0.893. The third-order valence-electron chi connectivity index (χ3n) is 6.92. The molecule has 218 valence electrons. The van der Waals surface area contributed by atoms with Gasteiger partial charge in [-0.3, -0.25) is 0 Å². The molecule has 0 radical (unpaired) electrons. The Balaban J connectivity index is 1.42. The third-order valence-corrected chi connectivity index (χ3v) is 17.2. The molecule has 0 unspecified atom stereocenters. The third kappa shape index (κ3) is 7.14. The lowest BCUT2D eigenvalue weighted by atomic mass is 10.3. The fourth-order valence-corrected chi connectivity index (χ4v) is 14.9. The van der Waals surface area contributed by atoms with Gasteiger partial charge in [-0.25, -0.2) is 0 Å². The van der Waals surface area contributed by atoms with Crippen molar-refractivity contribution in [3.05, 3.63) is 146 Å². The largest absolute Gasteiger partial charge is 0.143 e. The molecule has 0 fully saturated rings. The van der Waals surface area contributed by atoms with Crippen LogP contribution in [0.2, 0.25) is 0 Å². The number of hydrogen-bond acceptors (Lipinski definition) is 6. The summed E-state index contributed by atoms with van der Waals surface area (Å²) in [6.07, 6.45) is 0. The van der Waals surface area contributed by atoms with Crippen LogP contribution in [0.15, 0.2) is 175 Å². The van der Waals surface area contributed by atoms with Crippen LogP contribution in [-0.4, -0.2) is 0 Å². The zero-order chi connectivity index (χ0) is 30.5. The minimum atomic E-state index is -0.893. The number of benzene rings is 6. The van der Waals surface area contributed by atoms with E-state index in [1.165, 1.54) is 41.6 Å². The summed E-state index contributed by atoms with van der Waals surface area (Å²) in [7, 11) is 1.84. The highest BCUT2D eigenvalue weighted by Crippen LogP contribution is 2.47. The van der Waals surface area contributed by atoms with E-state index in [4.69, 9.17) is 50.5 Å². The first-order valence-electron chi connectivity index (χ1n) is 13.8. The maximum absolute atomic E-state index is 4.91. The molecular weight excluding hydrogens is 687 g/mol. The molecule has 8 heteroatoms. The highest BCUT2D eigenvalue weighted by atomic mass is 33.1. The van der Waals surface area contributed by atoms with Gasteiger partial charge in [0, 0.05) is 29.4 Å². The first-order valence-corrected chi connectivity index (χ1v) is 20.4. The summed E-state index contributed by atoms with van der Waals surface area (Å²) in [4.78, 5) is 6.45. The Kier molecular flexibility index (Phi) is 11.2. The summed E-state index contributed by atoms with van der Waals surface area (Å²) in [6.45, 7) is 0. The smallest absolute Gasteiger partial charge is 0.0269 e. The zero-order valence-corrected chi connectivity index (χ0v) is 30.4. The molecule has 0 amide bonds. The standard InChI is InChI=1S/C36H28P2S6/c39-31-19-7-1-13-25(31)37(26-14-2-8-20-32(26)40)29-17-5-11-23-35(29)43-44-36-24-12-6-18-30(36)38(27-15-3-9-21-33(27)41)28-16-4-10-22-34(28)42/h1-24,39-42H. The second kappa shape index (κ2) is 15.2. The van der Waals surface area contributed by atoms with Crippen LogP contribution in [0.4, 0.5) is 0 Å². The normalized spacial score (nSPS) is 11.3. The lowest BCUT2D eigenvalue weighted by Crippen LogP contribution is -2.24. The van der Waals surface area contributed by atoms with Gasteiger partial charge >= 0.3 is 0 Å². The average molecular weight is 715 g/mol. The molecule has 0 aliphatic rings. The summed E-state index contributed by atoms with van der Waals surface area (Å²) in [6, 6.07) is 51.3. The van der Waals surface area contributed by atoms with Crippen LogP contribution in [0, 0.1) is 0 Å². The molecule has 6 aromatic rings. The van der Waals surface area contributed by atoms with Gasteiger partial charge in [0.15, 0.2) is 0 Å². The van der Waals surface area contributed by atoms with Crippen LogP contribution in [0.5, 0.6) is 0 Å². The van der Waals surface area contributed by atoms with Crippen molar-refractivity contribution in [3.8, 4) is 0 Å². The van der Waals surface area contributed by atoms with E-state index >= 15 is 0 Å². The van der Waals surface area contributed by atoms with Crippen LogP contribution in [0.3, 0.4) is 0 Å². The van der Waals surface area contributed by atoms with E-state index in [1.807, 2.05) is 45.9 Å². The Morgan fingerprint density at radius 3 is 0.795 bits per heavy atom. The SMILES string of the molecule is Sc1ccccc1P(c1ccccc1S)c1ccccc1SSc1ccccc1P(c1ccccc1S)c1ccccc1S. The van der Waals surface area contributed by atoms with Crippen LogP contribution in [0.1, 0.15) is 0 Å². The Morgan fingerprint density at radius 2 is 0.523 bits per heavy atom. The molecule has 0 aliphatic carbocycles. The predicted molar refractivity (Wildman–Crippen MR) is 211 cm³/mol. The molecule has 6 rings (SSSR count). The van der Waals surface area contributed by atoms with Crippen molar-refractivity contribution >= 4 is 120 Å². The number of thiol groups is 4. The van der Waals surface area contributed by atoms with E-state index in [0.717, 1.165) is 19.6 Å². The number of hydrogen-bond donors (Lipinski definition) is 4. The van der Waals surface area contributed by atoms with Crippen LogP contribution >= 0.6 is 87.9 Å². The molecular formula is C36H28P2S6. The molecule has 0 saturated carbocycles. The van der Waals surface area contributed by atoms with E-state index in [9.17, 15) is 0 Å². The van der Waals surface area contributed by atoms with Crippen molar-refractivity contribution < 1.29 is 0 Å². The molecule has 0 aliphatic heterocycles. The maximum atomic E-state index is 4.91. The van der Waals surface area contributed by atoms with Crippen molar-refractivity contribution in [1.29, 1.82) is 0 Å². The van der Waals surface area contributed by atoms with E-state index < -0.39 is 15.8 Å². The van der Waals surface area contributed by atoms with Crippen molar-refractivity contribution in [3.63, 3.8) is 0 Å². The van der Waals surface area contributed by atoms with Crippen molar-refractivity contribution in [2.24, 2.45) is 0 Å². The Bertz CT molecular complexity index is 1680. The molecule has 0 saturated heterocycles. The Morgan fingerprint density at radius 1 is 0.295 bits per heavy atom. The van der Waals surface area contributed by atoms with E-state index in [-0.39, 0.29) is 0 Å². The number of rotatable bonds is 9. The van der Waals surface area contributed by atoms with Gasteiger partial charge in [0.2, 0.25) is 0 Å². The Hall–Kier alpha value is -1.72. The summed E-state index contributed by atoms with van der Waals surface area (Å²) < 4.78 is 0.